The van der Waals surface area contributed by atoms with E-state index in [1.807, 2.05) is 0 Å². The molecule has 0 aliphatic carbocycles. The van der Waals surface area contributed by atoms with Crippen LogP contribution >= 0.6 is 0 Å². The monoisotopic (exact) mass is 169 g/mol. The molecule has 0 fully saturated rings. The summed E-state index contributed by atoms with van der Waals surface area (Å²) in [6.45, 7) is 4.27. The maximum atomic E-state index is 8.23. The minimum atomic E-state index is 0.229. The zero-order chi connectivity index (χ0) is 9.23. The fraction of sp³-hybridized carbons (Fsp3) is 1.00. The van der Waals surface area contributed by atoms with Crippen molar-refractivity contribution in [3.63, 3.8) is 0 Å². The highest BCUT2D eigenvalue weighted by Crippen LogP contribution is 2.10. The quantitative estimate of drug-likeness (QED) is 0.239. The van der Waals surface area contributed by atoms with Crippen LogP contribution in [0.2, 0.25) is 0 Å². The molecule has 70 valence electrons. The van der Waals surface area contributed by atoms with Gasteiger partial charge >= 0.3 is 0 Å². The van der Waals surface area contributed by atoms with Gasteiger partial charge in [-0.3, -0.25) is 0 Å². The molecule has 0 amide bonds. The lowest BCUT2D eigenvalue weighted by Crippen LogP contribution is -2.00. The van der Waals surface area contributed by atoms with Gasteiger partial charge in [-0.15, -0.1) is 0 Å². The Morgan fingerprint density at radius 1 is 1.25 bits per heavy atom. The Kier molecular flexibility index (Phi) is 7.92. The summed E-state index contributed by atoms with van der Waals surface area (Å²) in [6.07, 6.45) is 7.06. The summed E-state index contributed by atoms with van der Waals surface area (Å²) >= 11 is 0. The molecule has 1 atom stereocenters. The fourth-order valence-electron chi connectivity index (χ4n) is 1.22. The van der Waals surface area contributed by atoms with Crippen molar-refractivity contribution in [3.8, 4) is 0 Å². The minimum absolute atomic E-state index is 0.229. The number of azide groups is 1. The van der Waals surface area contributed by atoms with Crippen molar-refractivity contribution in [3.05, 3.63) is 10.4 Å². The van der Waals surface area contributed by atoms with Gasteiger partial charge in [0.15, 0.2) is 0 Å². The highest BCUT2D eigenvalue weighted by molar-refractivity contribution is 4.64. The fourth-order valence-corrected chi connectivity index (χ4v) is 1.22. The van der Waals surface area contributed by atoms with Gasteiger partial charge in [0.1, 0.15) is 0 Å². The Hall–Kier alpha value is -0.690. The van der Waals surface area contributed by atoms with E-state index in [0.29, 0.717) is 0 Å². The molecule has 0 aliphatic heterocycles. The van der Waals surface area contributed by atoms with Gasteiger partial charge in [-0.1, -0.05) is 44.6 Å². The van der Waals surface area contributed by atoms with Crippen LogP contribution in [0.4, 0.5) is 0 Å². The van der Waals surface area contributed by atoms with Crippen LogP contribution in [0, 0.1) is 0 Å². The molecular formula is C9H19N3. The van der Waals surface area contributed by atoms with Crippen molar-refractivity contribution in [2.75, 3.05) is 0 Å². The van der Waals surface area contributed by atoms with Crippen LogP contribution in [0.15, 0.2) is 5.11 Å². The molecule has 0 rings (SSSR count). The first-order valence-electron chi connectivity index (χ1n) is 4.89. The van der Waals surface area contributed by atoms with E-state index in [4.69, 9.17) is 5.53 Å². The molecule has 12 heavy (non-hydrogen) atoms. The van der Waals surface area contributed by atoms with E-state index in [0.717, 1.165) is 12.8 Å². The zero-order valence-electron chi connectivity index (χ0n) is 8.16. The van der Waals surface area contributed by atoms with E-state index in [-0.39, 0.29) is 6.04 Å². The minimum Gasteiger partial charge on any atom is -0.0906 e. The van der Waals surface area contributed by atoms with Crippen LogP contribution < -0.4 is 0 Å². The summed E-state index contributed by atoms with van der Waals surface area (Å²) in [5.74, 6) is 0. The normalized spacial score (nSPS) is 12.2. The van der Waals surface area contributed by atoms with Gasteiger partial charge in [0.25, 0.3) is 0 Å². The van der Waals surface area contributed by atoms with Gasteiger partial charge in [-0.25, -0.2) is 0 Å². The molecule has 1 unspecified atom stereocenters. The lowest BCUT2D eigenvalue weighted by atomic mass is 10.1. The maximum Gasteiger partial charge on any atom is 0.0371 e. The summed E-state index contributed by atoms with van der Waals surface area (Å²) in [4.78, 5) is 2.83. The largest absolute Gasteiger partial charge is 0.0906 e. The second-order valence-electron chi connectivity index (χ2n) is 3.12. The van der Waals surface area contributed by atoms with Crippen LogP contribution in [-0.4, -0.2) is 6.04 Å². The Balaban J connectivity index is 3.38. The van der Waals surface area contributed by atoms with Crippen LogP contribution in [0.1, 0.15) is 52.4 Å². The predicted octanol–water partition coefficient (Wildman–Crippen LogP) is 4.05. The first kappa shape index (κ1) is 11.3. The molecule has 0 aromatic carbocycles. The molecule has 0 heterocycles. The summed E-state index contributed by atoms with van der Waals surface area (Å²) in [5.41, 5.74) is 8.23. The zero-order valence-corrected chi connectivity index (χ0v) is 8.16. The average Bonchev–Trinajstić information content (AvgIpc) is 2.10. The van der Waals surface area contributed by atoms with Gasteiger partial charge in [0.2, 0.25) is 0 Å². The van der Waals surface area contributed by atoms with Crippen LogP contribution in [0.5, 0.6) is 0 Å². The van der Waals surface area contributed by atoms with Gasteiger partial charge in [0, 0.05) is 11.0 Å². The highest BCUT2D eigenvalue weighted by Gasteiger charge is 2.01. The van der Waals surface area contributed by atoms with Crippen molar-refractivity contribution >= 4 is 0 Å². The summed E-state index contributed by atoms with van der Waals surface area (Å²) in [5, 5.41) is 3.72. The third kappa shape index (κ3) is 6.05. The third-order valence-corrected chi connectivity index (χ3v) is 2.08. The molecule has 0 bridgehead atoms. The molecule has 0 saturated carbocycles. The molecule has 0 N–H and O–H groups in total. The van der Waals surface area contributed by atoms with E-state index >= 15 is 0 Å². The maximum absolute atomic E-state index is 8.23. The van der Waals surface area contributed by atoms with Gasteiger partial charge < -0.3 is 0 Å². The third-order valence-electron chi connectivity index (χ3n) is 2.08. The molecule has 0 spiro atoms. The van der Waals surface area contributed by atoms with Crippen LogP contribution in [0.3, 0.4) is 0 Å². The molecule has 3 nitrogen and oxygen atoms in total. The Labute approximate surface area is 74.8 Å². The standard InChI is InChI=1S/C9H19N3/c1-3-5-6-7-8-9(4-2)11-12-10/h9H,3-8H2,1-2H3. The van der Waals surface area contributed by atoms with Crippen LogP contribution in [-0.2, 0) is 0 Å². The van der Waals surface area contributed by atoms with E-state index in [1.54, 1.807) is 0 Å². The van der Waals surface area contributed by atoms with Crippen LogP contribution in [0.25, 0.3) is 10.4 Å². The average molecular weight is 169 g/mol. The van der Waals surface area contributed by atoms with Crippen molar-refractivity contribution in [1.82, 2.24) is 0 Å². The second kappa shape index (κ2) is 8.41. The molecule has 0 saturated heterocycles. The summed E-state index contributed by atoms with van der Waals surface area (Å²) < 4.78 is 0. The topological polar surface area (TPSA) is 48.8 Å². The smallest absolute Gasteiger partial charge is 0.0371 e. The number of rotatable bonds is 7. The van der Waals surface area contributed by atoms with Gasteiger partial charge in [-0.2, -0.15) is 0 Å². The predicted molar refractivity (Wildman–Crippen MR) is 52.0 cm³/mol. The molecule has 0 aliphatic rings. The molecule has 0 aromatic rings. The van der Waals surface area contributed by atoms with E-state index in [2.05, 4.69) is 23.9 Å². The van der Waals surface area contributed by atoms with Crippen molar-refractivity contribution in [2.24, 2.45) is 5.11 Å². The Morgan fingerprint density at radius 3 is 2.50 bits per heavy atom. The number of hydrogen-bond donors (Lipinski definition) is 0. The number of unbranched alkanes of at least 4 members (excludes halogenated alkanes) is 3. The molecule has 3 heteroatoms. The lowest BCUT2D eigenvalue weighted by Gasteiger charge is -2.06. The van der Waals surface area contributed by atoms with Crippen molar-refractivity contribution in [2.45, 2.75) is 58.4 Å². The molecule has 0 aromatic heterocycles. The summed E-state index contributed by atoms with van der Waals surface area (Å²) in [6, 6.07) is 0.229. The van der Waals surface area contributed by atoms with Gasteiger partial charge in [0.05, 0.1) is 0 Å². The summed E-state index contributed by atoms with van der Waals surface area (Å²) in [7, 11) is 0. The van der Waals surface area contributed by atoms with E-state index in [9.17, 15) is 0 Å². The van der Waals surface area contributed by atoms with E-state index in [1.165, 1.54) is 25.7 Å². The lowest BCUT2D eigenvalue weighted by molar-refractivity contribution is 0.536. The van der Waals surface area contributed by atoms with E-state index < -0.39 is 0 Å². The Morgan fingerprint density at radius 2 is 2.00 bits per heavy atom. The Bertz CT molecular complexity index is 139. The number of hydrogen-bond acceptors (Lipinski definition) is 1. The highest BCUT2D eigenvalue weighted by atomic mass is 15.1. The SMILES string of the molecule is CCCCCCC(CC)N=[N+]=[N-]. The second-order valence-corrected chi connectivity index (χ2v) is 3.12. The van der Waals surface area contributed by atoms with Crippen molar-refractivity contribution in [1.29, 1.82) is 0 Å². The number of nitrogens with zero attached hydrogens (tertiary/aromatic N) is 3. The van der Waals surface area contributed by atoms with Crippen molar-refractivity contribution < 1.29 is 0 Å². The molecular weight excluding hydrogens is 150 g/mol. The molecule has 0 radical (unpaired) electrons. The first-order chi connectivity index (χ1) is 5.85. The first-order valence-corrected chi connectivity index (χ1v) is 4.89. The van der Waals surface area contributed by atoms with Gasteiger partial charge in [-0.05, 0) is 18.4 Å².